The fourth-order valence-electron chi connectivity index (χ4n) is 2.87. The summed E-state index contributed by atoms with van der Waals surface area (Å²) in [7, 11) is 0. The van der Waals surface area contributed by atoms with E-state index in [0.717, 1.165) is 25.0 Å². The maximum Gasteiger partial charge on any atom is 0.416 e. The summed E-state index contributed by atoms with van der Waals surface area (Å²) in [6, 6.07) is 7.37. The number of nitrogens with one attached hydrogen (secondary N) is 2. The Hall–Kier alpha value is -3.14. The molecule has 1 aromatic carbocycles. The lowest BCUT2D eigenvalue weighted by atomic mass is 10.2. The molecule has 0 bridgehead atoms. The van der Waals surface area contributed by atoms with Gasteiger partial charge in [0.25, 0.3) is 5.91 Å². The Morgan fingerprint density at radius 1 is 1.23 bits per heavy atom. The summed E-state index contributed by atoms with van der Waals surface area (Å²) >= 11 is 0. The van der Waals surface area contributed by atoms with Gasteiger partial charge in [0, 0.05) is 25.0 Å². The highest BCUT2D eigenvalue weighted by atomic mass is 19.4. The van der Waals surface area contributed by atoms with Crippen LogP contribution in [0.4, 0.5) is 24.7 Å². The van der Waals surface area contributed by atoms with Crippen molar-refractivity contribution in [2.45, 2.75) is 25.1 Å². The van der Waals surface area contributed by atoms with Crippen LogP contribution >= 0.6 is 0 Å². The van der Waals surface area contributed by atoms with Crippen LogP contribution in [0.3, 0.4) is 0 Å². The van der Waals surface area contributed by atoms with Crippen LogP contribution in [-0.4, -0.2) is 42.7 Å². The van der Waals surface area contributed by atoms with Crippen molar-refractivity contribution in [2.75, 3.05) is 25.1 Å². The number of esters is 1. The Morgan fingerprint density at radius 3 is 2.80 bits per heavy atom. The van der Waals surface area contributed by atoms with Crippen LogP contribution in [0.5, 0.6) is 0 Å². The van der Waals surface area contributed by atoms with Crippen molar-refractivity contribution in [2.24, 2.45) is 0 Å². The Morgan fingerprint density at radius 2 is 2.07 bits per heavy atom. The molecule has 7 nitrogen and oxygen atoms in total. The second-order valence-corrected chi connectivity index (χ2v) is 6.62. The molecule has 0 spiro atoms. The van der Waals surface area contributed by atoms with E-state index in [1.54, 1.807) is 0 Å². The molecule has 1 aliphatic rings. The third-order valence-electron chi connectivity index (χ3n) is 4.37. The van der Waals surface area contributed by atoms with Crippen LogP contribution in [0.25, 0.3) is 0 Å². The van der Waals surface area contributed by atoms with Crippen molar-refractivity contribution in [3.8, 4) is 0 Å². The van der Waals surface area contributed by atoms with Crippen molar-refractivity contribution >= 4 is 23.4 Å². The van der Waals surface area contributed by atoms with Crippen molar-refractivity contribution in [3.05, 3.63) is 53.7 Å². The summed E-state index contributed by atoms with van der Waals surface area (Å²) in [4.78, 5) is 28.2. The summed E-state index contributed by atoms with van der Waals surface area (Å²) in [5.41, 5.74) is -0.746. The van der Waals surface area contributed by atoms with Gasteiger partial charge in [0.2, 0.25) is 0 Å². The van der Waals surface area contributed by atoms with Gasteiger partial charge in [0.15, 0.2) is 6.61 Å². The number of carbonyl (C=O) groups excluding carboxylic acids is 2. The SMILES string of the molecule is O=C(COC(=O)c1cccnc1Nc1cccc(C(F)(F)F)c1)NCC1CCCO1. The molecule has 160 valence electrons. The second kappa shape index (κ2) is 9.57. The maximum absolute atomic E-state index is 12.9. The Bertz CT molecular complexity index is 899. The fourth-order valence-corrected chi connectivity index (χ4v) is 2.87. The second-order valence-electron chi connectivity index (χ2n) is 6.62. The minimum atomic E-state index is -4.50. The molecule has 3 rings (SSSR count). The fraction of sp³-hybridized carbons (Fsp3) is 0.350. The van der Waals surface area contributed by atoms with E-state index >= 15 is 0 Å². The zero-order valence-corrected chi connectivity index (χ0v) is 15.9. The van der Waals surface area contributed by atoms with Crippen LogP contribution < -0.4 is 10.6 Å². The number of anilines is 2. The first-order chi connectivity index (χ1) is 14.3. The van der Waals surface area contributed by atoms with E-state index in [1.807, 2.05) is 0 Å². The number of nitrogens with zero attached hydrogens (tertiary/aromatic N) is 1. The van der Waals surface area contributed by atoms with Crippen LogP contribution in [0.1, 0.15) is 28.8 Å². The highest BCUT2D eigenvalue weighted by Crippen LogP contribution is 2.31. The predicted molar refractivity (Wildman–Crippen MR) is 101 cm³/mol. The maximum atomic E-state index is 12.9. The van der Waals surface area contributed by atoms with E-state index in [1.165, 1.54) is 30.5 Å². The summed E-state index contributed by atoms with van der Waals surface area (Å²) < 4.78 is 49.1. The van der Waals surface area contributed by atoms with Gasteiger partial charge in [-0.15, -0.1) is 0 Å². The minimum Gasteiger partial charge on any atom is -0.452 e. The lowest BCUT2D eigenvalue weighted by Crippen LogP contribution is -2.34. The number of hydrogen-bond acceptors (Lipinski definition) is 6. The number of amides is 1. The minimum absolute atomic E-state index is 0.0122. The molecule has 0 aliphatic carbocycles. The molecule has 0 radical (unpaired) electrons. The van der Waals surface area contributed by atoms with Crippen LogP contribution in [0.2, 0.25) is 0 Å². The van der Waals surface area contributed by atoms with Gasteiger partial charge < -0.3 is 20.1 Å². The van der Waals surface area contributed by atoms with Crippen molar-refractivity contribution in [3.63, 3.8) is 0 Å². The average Bonchev–Trinajstić information content (AvgIpc) is 3.24. The number of ether oxygens (including phenoxy) is 2. The molecular weight excluding hydrogens is 403 g/mol. The smallest absolute Gasteiger partial charge is 0.416 e. The van der Waals surface area contributed by atoms with Gasteiger partial charge in [-0.25, -0.2) is 9.78 Å². The van der Waals surface area contributed by atoms with Crippen LogP contribution in [0, 0.1) is 0 Å². The molecule has 1 unspecified atom stereocenters. The van der Waals surface area contributed by atoms with Gasteiger partial charge >= 0.3 is 12.1 Å². The molecule has 1 aliphatic heterocycles. The van der Waals surface area contributed by atoms with Gasteiger partial charge in [-0.3, -0.25) is 4.79 Å². The molecule has 2 aromatic rings. The Labute approximate surface area is 170 Å². The Kier molecular flexibility index (Phi) is 6.88. The summed E-state index contributed by atoms with van der Waals surface area (Å²) in [6.45, 7) is 0.507. The molecule has 0 saturated carbocycles. The molecule has 1 fully saturated rings. The number of rotatable bonds is 7. The highest BCUT2D eigenvalue weighted by Gasteiger charge is 2.30. The predicted octanol–water partition coefficient (Wildman–Crippen LogP) is 3.30. The molecule has 2 heterocycles. The third-order valence-corrected chi connectivity index (χ3v) is 4.37. The van der Waals surface area contributed by atoms with Gasteiger partial charge in [-0.1, -0.05) is 6.07 Å². The molecule has 30 heavy (non-hydrogen) atoms. The number of hydrogen-bond donors (Lipinski definition) is 2. The Balaban J connectivity index is 1.60. The van der Waals surface area contributed by atoms with Crippen molar-refractivity contribution in [1.82, 2.24) is 10.3 Å². The van der Waals surface area contributed by atoms with E-state index in [4.69, 9.17) is 9.47 Å². The van der Waals surface area contributed by atoms with Gasteiger partial charge in [0.05, 0.1) is 11.7 Å². The molecule has 1 atom stereocenters. The number of pyridine rings is 1. The number of halogens is 3. The van der Waals surface area contributed by atoms with E-state index in [0.29, 0.717) is 13.2 Å². The first-order valence-electron chi connectivity index (χ1n) is 9.27. The van der Waals surface area contributed by atoms with E-state index < -0.39 is 30.2 Å². The number of alkyl halides is 3. The van der Waals surface area contributed by atoms with Gasteiger partial charge in [0.1, 0.15) is 11.4 Å². The molecule has 1 aromatic heterocycles. The summed E-state index contributed by atoms with van der Waals surface area (Å²) in [5.74, 6) is -1.29. The van der Waals surface area contributed by atoms with Crippen molar-refractivity contribution in [1.29, 1.82) is 0 Å². The quantitative estimate of drug-likeness (QED) is 0.665. The normalized spacial score (nSPS) is 16.2. The van der Waals surface area contributed by atoms with Crippen molar-refractivity contribution < 1.29 is 32.2 Å². The molecular formula is C20H20F3N3O4. The first kappa shape index (κ1) is 21.6. The number of benzene rings is 1. The third kappa shape index (κ3) is 5.93. The average molecular weight is 423 g/mol. The van der Waals surface area contributed by atoms with Gasteiger partial charge in [-0.2, -0.15) is 13.2 Å². The molecule has 2 N–H and O–H groups in total. The zero-order valence-electron chi connectivity index (χ0n) is 15.9. The lowest BCUT2D eigenvalue weighted by Gasteiger charge is -2.13. The molecule has 10 heteroatoms. The monoisotopic (exact) mass is 423 g/mol. The zero-order chi connectivity index (χ0) is 21.6. The van der Waals surface area contributed by atoms with Gasteiger partial charge in [-0.05, 0) is 43.2 Å². The summed E-state index contributed by atoms with van der Waals surface area (Å²) in [6.07, 6.45) is -1.36. The summed E-state index contributed by atoms with van der Waals surface area (Å²) in [5, 5.41) is 5.31. The highest BCUT2D eigenvalue weighted by molar-refractivity contribution is 5.96. The van der Waals surface area contributed by atoms with E-state index in [-0.39, 0.29) is 23.2 Å². The van der Waals surface area contributed by atoms with E-state index in [9.17, 15) is 22.8 Å². The van der Waals surface area contributed by atoms with Crippen LogP contribution in [-0.2, 0) is 20.4 Å². The first-order valence-corrected chi connectivity index (χ1v) is 9.27. The topological polar surface area (TPSA) is 89.6 Å². The number of carbonyl (C=O) groups is 2. The number of aromatic nitrogens is 1. The van der Waals surface area contributed by atoms with E-state index in [2.05, 4.69) is 15.6 Å². The standard InChI is InChI=1S/C20H20F3N3O4/c21-20(22,23)13-4-1-5-14(10-13)26-18-16(7-2-8-24-18)19(28)30-12-17(27)25-11-15-6-3-9-29-15/h1-2,4-5,7-8,10,15H,3,6,9,11-12H2,(H,24,26)(H,25,27). The molecule has 1 saturated heterocycles. The largest absolute Gasteiger partial charge is 0.452 e. The molecule has 1 amide bonds. The lowest BCUT2D eigenvalue weighted by molar-refractivity contribution is -0.137. The van der Waals surface area contributed by atoms with Crippen LogP contribution in [0.15, 0.2) is 42.6 Å².